The van der Waals surface area contributed by atoms with Gasteiger partial charge in [0.1, 0.15) is 5.78 Å². The standard InChI is InChI=1S/C14H15N3O2.C14H19N3.C8H6N2O2.C6H11NO.CH3O.Na/c1-16-6-4-10(5-7-16)13-9-15-14-3-2-11(17(18)19)8-12(13)14;1-17-6-4-10(5-7-17)13-9-16-14-3-2-11(15)8-12(13)14;11-10(12)7-1-2-8-6(5-7)3-4-9-8;1-7-4-2-6(8)3-5-7;1-2;/h2-4,8-9,15H,5-7H2,1H3;2-3,8-10,16H,4-7,15H2,1H3;1-5,9H;2-5H2,1H3;1H3;/q;;;;-1;+1. The third-order valence-corrected chi connectivity index (χ3v) is 10.8. The van der Waals surface area contributed by atoms with Gasteiger partial charge in [-0.25, -0.2) is 0 Å². The average molecular weight is 816 g/mol. The van der Waals surface area contributed by atoms with Crippen LogP contribution in [0.5, 0.6) is 0 Å². The van der Waals surface area contributed by atoms with Crippen LogP contribution in [-0.2, 0) is 4.79 Å². The number of carbonyl (C=O) groups is 1. The second kappa shape index (κ2) is 22.5. The Bertz CT molecular complexity index is 2330. The third-order valence-electron chi connectivity index (χ3n) is 10.8. The molecule has 3 aromatic carbocycles. The number of carbonyl (C=O) groups excluding carboxylic acids is 1. The number of nitrogen functional groups attached to an aromatic ring is 1. The van der Waals surface area contributed by atoms with Crippen molar-refractivity contribution in [3.63, 3.8) is 0 Å². The van der Waals surface area contributed by atoms with Gasteiger partial charge in [-0.15, -0.1) is 0 Å². The molecule has 16 heteroatoms. The molecule has 0 unspecified atom stereocenters. The fraction of sp³-hybridized carbons (Fsp3) is 0.372. The number of nitro groups is 2. The number of ketones is 1. The second-order valence-corrected chi connectivity index (χ2v) is 14.9. The Morgan fingerprint density at radius 2 is 1.25 bits per heavy atom. The normalized spacial score (nSPS) is 16.2. The molecule has 0 aliphatic carbocycles. The van der Waals surface area contributed by atoms with Crippen LogP contribution < -0.4 is 40.4 Å². The summed E-state index contributed by atoms with van der Waals surface area (Å²) in [6.45, 7) is 6.25. The van der Waals surface area contributed by atoms with E-state index >= 15 is 0 Å². The van der Waals surface area contributed by atoms with Crippen LogP contribution in [0.25, 0.3) is 38.3 Å². The van der Waals surface area contributed by atoms with Gasteiger partial charge < -0.3 is 40.5 Å². The molecule has 0 saturated carbocycles. The monoisotopic (exact) mass is 815 g/mol. The predicted octanol–water partition coefficient (Wildman–Crippen LogP) is 3.69. The summed E-state index contributed by atoms with van der Waals surface area (Å²) in [6.07, 6.45) is 13.1. The van der Waals surface area contributed by atoms with Gasteiger partial charge in [0.25, 0.3) is 11.4 Å². The van der Waals surface area contributed by atoms with E-state index in [0.29, 0.717) is 11.7 Å². The average Bonchev–Trinajstić information content (AvgIpc) is 3.99. The molecule has 5 N–H and O–H groups in total. The molecule has 3 aliphatic heterocycles. The molecule has 2 saturated heterocycles. The number of nitrogens with two attached hydrogens (primary N) is 1. The van der Waals surface area contributed by atoms with Crippen LogP contribution >= 0.6 is 0 Å². The maximum atomic E-state index is 10.9. The number of aromatic amines is 3. The molecule has 0 radical (unpaired) electrons. The van der Waals surface area contributed by atoms with Gasteiger partial charge >= 0.3 is 29.6 Å². The minimum atomic E-state index is -0.396. The number of likely N-dealkylation sites (N-methyl/N-ethyl adjacent to an activating group) is 1. The Kier molecular flexibility index (Phi) is 17.8. The topological polar surface area (TPSA) is 210 Å². The van der Waals surface area contributed by atoms with Gasteiger partial charge in [0, 0.05) is 126 Å². The van der Waals surface area contributed by atoms with Crippen molar-refractivity contribution >= 4 is 61.1 Å². The number of hydrogen-bond acceptors (Lipinski definition) is 10. The van der Waals surface area contributed by atoms with Crippen molar-refractivity contribution in [3.05, 3.63) is 117 Å². The predicted molar refractivity (Wildman–Crippen MR) is 230 cm³/mol. The van der Waals surface area contributed by atoms with E-state index in [2.05, 4.69) is 68.2 Å². The maximum Gasteiger partial charge on any atom is 1.00 e. The Morgan fingerprint density at radius 1 is 0.678 bits per heavy atom. The summed E-state index contributed by atoms with van der Waals surface area (Å²) in [4.78, 5) is 47.4. The summed E-state index contributed by atoms with van der Waals surface area (Å²) in [6, 6.07) is 17.6. The summed E-state index contributed by atoms with van der Waals surface area (Å²) in [5.41, 5.74) is 13.9. The summed E-state index contributed by atoms with van der Waals surface area (Å²) in [7, 11) is 7.09. The van der Waals surface area contributed by atoms with Crippen LogP contribution in [0.3, 0.4) is 0 Å². The number of rotatable bonds is 4. The van der Waals surface area contributed by atoms with Crippen LogP contribution in [-0.4, -0.2) is 113 Å². The quantitative estimate of drug-likeness (QED) is 0.0878. The van der Waals surface area contributed by atoms with E-state index in [4.69, 9.17) is 10.8 Å². The summed E-state index contributed by atoms with van der Waals surface area (Å²) in [5.74, 6) is 1.10. The number of hydrogen-bond donors (Lipinski definition) is 4. The first-order valence-corrected chi connectivity index (χ1v) is 19.5. The Morgan fingerprint density at radius 3 is 1.88 bits per heavy atom. The van der Waals surface area contributed by atoms with Gasteiger partial charge in [-0.2, -0.15) is 7.11 Å². The third kappa shape index (κ3) is 12.8. The zero-order valence-corrected chi connectivity index (χ0v) is 36.7. The fourth-order valence-electron chi connectivity index (χ4n) is 7.34. The Hall–Kier alpha value is -4.87. The number of nitrogens with one attached hydrogen (secondary N) is 3. The van der Waals surface area contributed by atoms with Gasteiger partial charge in [0.05, 0.1) is 9.85 Å². The van der Waals surface area contributed by atoms with Crippen molar-refractivity contribution in [3.8, 4) is 0 Å². The zero-order chi connectivity index (χ0) is 41.8. The second-order valence-electron chi connectivity index (χ2n) is 14.9. The number of anilines is 1. The van der Waals surface area contributed by atoms with E-state index in [0.717, 1.165) is 85.6 Å². The number of benzene rings is 3. The molecule has 0 amide bonds. The van der Waals surface area contributed by atoms with Gasteiger partial charge in [0.2, 0.25) is 0 Å². The first-order valence-electron chi connectivity index (χ1n) is 19.5. The number of fused-ring (bicyclic) bond motifs is 3. The molecular weight excluding hydrogens is 762 g/mol. The van der Waals surface area contributed by atoms with Crippen LogP contribution in [0.2, 0.25) is 0 Å². The number of piperidine rings is 2. The van der Waals surface area contributed by atoms with Crippen LogP contribution in [0.15, 0.2) is 85.3 Å². The van der Waals surface area contributed by atoms with E-state index in [1.54, 1.807) is 30.5 Å². The van der Waals surface area contributed by atoms with E-state index in [1.807, 2.05) is 25.4 Å². The SMILES string of the molecule is CN1CC=C(c2c[nH]c3ccc([N+](=O)[O-])cc23)CC1.CN1CCC(=O)CC1.CN1CCC(c2c[nH]c3ccc(N)cc23)CC1.C[O-].O=[N+]([O-])c1ccc2[nH]ccc2c1.[Na+]. The van der Waals surface area contributed by atoms with Crippen LogP contribution in [0.1, 0.15) is 49.1 Å². The zero-order valence-electron chi connectivity index (χ0n) is 34.7. The van der Waals surface area contributed by atoms with Gasteiger partial charge in [-0.1, -0.05) is 6.08 Å². The Labute approximate surface area is 366 Å². The molecule has 308 valence electrons. The summed E-state index contributed by atoms with van der Waals surface area (Å²) >= 11 is 0. The molecule has 3 aliphatic rings. The van der Waals surface area contributed by atoms with Gasteiger partial charge in [-0.05, 0) is 107 Å². The molecule has 0 spiro atoms. The molecule has 59 heavy (non-hydrogen) atoms. The minimum Gasteiger partial charge on any atom is -0.857 e. The molecule has 2 fully saturated rings. The van der Waals surface area contributed by atoms with Gasteiger partial charge in [-0.3, -0.25) is 25.0 Å². The van der Waals surface area contributed by atoms with E-state index in [1.165, 1.54) is 60.1 Å². The fourth-order valence-corrected chi connectivity index (χ4v) is 7.34. The molecule has 6 heterocycles. The number of non-ortho nitro benzene ring substituents is 2. The van der Waals surface area contributed by atoms with E-state index in [-0.39, 0.29) is 45.9 Å². The van der Waals surface area contributed by atoms with Gasteiger partial charge in [0.15, 0.2) is 0 Å². The first-order chi connectivity index (χ1) is 27.9. The number of likely N-dealkylation sites (tertiary alicyclic amines) is 2. The largest absolute Gasteiger partial charge is 1.00 e. The van der Waals surface area contributed by atoms with Crippen molar-refractivity contribution in [1.82, 2.24) is 29.7 Å². The van der Waals surface area contributed by atoms with Crippen molar-refractivity contribution < 1.29 is 49.3 Å². The molecular formula is C43H54N9NaO6. The molecule has 0 bridgehead atoms. The Balaban J connectivity index is 0.000000177. The molecule has 0 atom stereocenters. The number of Topliss-reactive ketones (excluding diaryl/α,β-unsaturated/α-hetero) is 1. The number of nitro benzene ring substituents is 2. The van der Waals surface area contributed by atoms with Crippen LogP contribution in [0.4, 0.5) is 17.1 Å². The van der Waals surface area contributed by atoms with Crippen molar-refractivity contribution in [2.45, 2.75) is 38.0 Å². The smallest absolute Gasteiger partial charge is 0.857 e. The minimum absolute atomic E-state index is 0. The number of H-pyrrole nitrogens is 3. The molecule has 6 aromatic rings. The summed E-state index contributed by atoms with van der Waals surface area (Å²) < 4.78 is 0. The molecule has 9 rings (SSSR count). The maximum absolute atomic E-state index is 10.9. The number of nitrogens with zero attached hydrogens (tertiary/aromatic N) is 5. The molecule has 3 aromatic heterocycles. The summed E-state index contributed by atoms with van der Waals surface area (Å²) in [5, 5.41) is 32.6. The first kappa shape index (κ1) is 46.8. The van der Waals surface area contributed by atoms with Crippen molar-refractivity contribution in [2.75, 3.05) is 73.3 Å². The van der Waals surface area contributed by atoms with Crippen molar-refractivity contribution in [2.24, 2.45) is 0 Å². The van der Waals surface area contributed by atoms with E-state index < -0.39 is 4.92 Å². The van der Waals surface area contributed by atoms with E-state index in [9.17, 15) is 25.0 Å². The number of aromatic nitrogens is 3. The van der Waals surface area contributed by atoms with Crippen LogP contribution in [0, 0.1) is 20.2 Å². The molecule has 15 nitrogen and oxygen atoms in total. The van der Waals surface area contributed by atoms with Crippen molar-refractivity contribution in [1.29, 1.82) is 0 Å².